The molecule has 0 radical (unpaired) electrons. The fourth-order valence-electron chi connectivity index (χ4n) is 2.50. The molecule has 21 heavy (non-hydrogen) atoms. The minimum absolute atomic E-state index is 0.410. The first-order valence-electron chi connectivity index (χ1n) is 6.67. The minimum Gasteiger partial charge on any atom is -0.456 e. The third-order valence-electron chi connectivity index (χ3n) is 3.55. The van der Waals surface area contributed by atoms with E-state index in [1.165, 1.54) is 5.56 Å². The van der Waals surface area contributed by atoms with E-state index in [0.29, 0.717) is 0 Å². The van der Waals surface area contributed by atoms with Crippen LogP contribution in [0.15, 0.2) is 40.8 Å². The van der Waals surface area contributed by atoms with Gasteiger partial charge in [0.15, 0.2) is 6.29 Å². The van der Waals surface area contributed by atoms with Gasteiger partial charge in [0.05, 0.1) is 4.51 Å². The Balaban J connectivity index is 2.30. The van der Waals surface area contributed by atoms with Crippen molar-refractivity contribution in [3.05, 3.63) is 52.0 Å². The zero-order valence-electron chi connectivity index (χ0n) is 12.2. The first-order valence-corrected chi connectivity index (χ1v) is 7.07. The smallest absolute Gasteiger partial charge is 0.183 e. The molecule has 3 nitrogen and oxygen atoms in total. The quantitative estimate of drug-likeness (QED) is 0.390. The van der Waals surface area contributed by atoms with Gasteiger partial charge in [0.2, 0.25) is 0 Å². The normalized spacial score (nSPS) is 11.6. The van der Waals surface area contributed by atoms with Gasteiger partial charge in [-0.15, -0.1) is 0 Å². The van der Waals surface area contributed by atoms with Crippen LogP contribution in [0.5, 0.6) is 0 Å². The van der Waals surface area contributed by atoms with Crippen LogP contribution in [0.2, 0.25) is 0 Å². The molecule has 0 fully saturated rings. The molecule has 0 aliphatic heterocycles. The lowest BCUT2D eigenvalue weighted by molar-refractivity contribution is -0.105. The van der Waals surface area contributed by atoms with Crippen molar-refractivity contribution in [2.75, 3.05) is 14.2 Å². The summed E-state index contributed by atoms with van der Waals surface area (Å²) in [6.07, 6.45) is -0.410. The Hall–Kier alpha value is -1.75. The lowest BCUT2D eigenvalue weighted by atomic mass is 10.1. The monoisotopic (exact) mass is 300 g/mol. The number of benzene rings is 2. The van der Waals surface area contributed by atoms with Crippen molar-refractivity contribution in [1.29, 1.82) is 0 Å². The van der Waals surface area contributed by atoms with Gasteiger partial charge in [-0.1, -0.05) is 29.9 Å². The van der Waals surface area contributed by atoms with Crippen LogP contribution < -0.4 is 0 Å². The standard InChI is InChI=1S/C17H16O3S/c1-10-4-7-14-13(8-10)16(21)12-6-5-11(9-15(12)20-14)17(18-2)19-3/h4-9,17H,1-3H3. The summed E-state index contributed by atoms with van der Waals surface area (Å²) >= 11 is 5.60. The van der Waals surface area contributed by atoms with E-state index in [9.17, 15) is 0 Å². The lowest BCUT2D eigenvalue weighted by Crippen LogP contribution is -2.03. The van der Waals surface area contributed by atoms with Crippen LogP contribution in [-0.2, 0) is 9.47 Å². The molecule has 0 unspecified atom stereocenters. The second kappa shape index (κ2) is 5.56. The summed E-state index contributed by atoms with van der Waals surface area (Å²) in [5.74, 6) is 0. The Morgan fingerprint density at radius 2 is 1.71 bits per heavy atom. The number of hydrogen-bond donors (Lipinski definition) is 0. The van der Waals surface area contributed by atoms with Crippen molar-refractivity contribution < 1.29 is 13.9 Å². The fraction of sp³-hybridized carbons (Fsp3) is 0.235. The van der Waals surface area contributed by atoms with Gasteiger partial charge in [-0.2, -0.15) is 0 Å². The first-order chi connectivity index (χ1) is 10.1. The van der Waals surface area contributed by atoms with Crippen molar-refractivity contribution in [2.45, 2.75) is 13.2 Å². The Bertz CT molecular complexity index is 863. The maximum atomic E-state index is 5.98. The number of hydrogen-bond acceptors (Lipinski definition) is 4. The third-order valence-corrected chi connectivity index (χ3v) is 3.99. The van der Waals surface area contributed by atoms with Crippen molar-refractivity contribution in [2.24, 2.45) is 0 Å². The SMILES string of the molecule is COC(OC)c1ccc2c(=S)c3cc(C)ccc3oc2c1. The van der Waals surface area contributed by atoms with E-state index in [-0.39, 0.29) is 0 Å². The third kappa shape index (κ3) is 2.46. The molecule has 1 heterocycles. The van der Waals surface area contributed by atoms with Gasteiger partial charge in [-0.3, -0.25) is 0 Å². The highest BCUT2D eigenvalue weighted by Gasteiger charge is 2.12. The zero-order chi connectivity index (χ0) is 15.0. The molecular formula is C17H16O3S. The predicted molar refractivity (Wildman–Crippen MR) is 86.1 cm³/mol. The highest BCUT2D eigenvalue weighted by molar-refractivity contribution is 7.72. The van der Waals surface area contributed by atoms with Crippen LogP contribution in [0, 0.1) is 11.4 Å². The molecule has 2 aromatic carbocycles. The molecule has 0 saturated carbocycles. The maximum absolute atomic E-state index is 5.98. The summed E-state index contributed by atoms with van der Waals surface area (Å²) < 4.78 is 17.4. The number of ether oxygens (including phenoxy) is 2. The first kappa shape index (κ1) is 14.2. The van der Waals surface area contributed by atoms with E-state index in [4.69, 9.17) is 26.1 Å². The van der Waals surface area contributed by atoms with E-state index < -0.39 is 6.29 Å². The Kier molecular flexibility index (Phi) is 3.76. The van der Waals surface area contributed by atoms with Crippen LogP contribution in [0.4, 0.5) is 0 Å². The van der Waals surface area contributed by atoms with Crippen molar-refractivity contribution >= 4 is 34.2 Å². The molecule has 3 rings (SSSR count). The summed E-state index contributed by atoms with van der Waals surface area (Å²) in [7, 11) is 3.22. The Labute approximate surface area is 128 Å². The Morgan fingerprint density at radius 1 is 0.952 bits per heavy atom. The van der Waals surface area contributed by atoms with Gasteiger partial charge in [0, 0.05) is 30.6 Å². The molecule has 1 aromatic heterocycles. The van der Waals surface area contributed by atoms with Crippen molar-refractivity contribution in [3.8, 4) is 0 Å². The molecule has 0 spiro atoms. The highest BCUT2D eigenvalue weighted by Crippen LogP contribution is 2.29. The second-order valence-corrected chi connectivity index (χ2v) is 5.40. The van der Waals surface area contributed by atoms with Crippen LogP contribution in [0.1, 0.15) is 17.4 Å². The number of fused-ring (bicyclic) bond motifs is 2. The van der Waals surface area contributed by atoms with Crippen LogP contribution in [0.3, 0.4) is 0 Å². The molecule has 0 N–H and O–H groups in total. The number of methoxy groups -OCH3 is 2. The molecular weight excluding hydrogens is 284 g/mol. The summed E-state index contributed by atoms with van der Waals surface area (Å²) in [4.78, 5) is 0. The molecule has 108 valence electrons. The van der Waals surface area contributed by atoms with Gasteiger partial charge in [-0.05, 0) is 31.2 Å². The molecule has 4 heteroatoms. The van der Waals surface area contributed by atoms with E-state index in [1.807, 2.05) is 37.3 Å². The molecule has 0 bridgehead atoms. The van der Waals surface area contributed by atoms with Crippen molar-refractivity contribution in [1.82, 2.24) is 0 Å². The highest BCUT2D eigenvalue weighted by atomic mass is 32.1. The summed E-state index contributed by atoms with van der Waals surface area (Å²) in [6.45, 7) is 2.04. The second-order valence-electron chi connectivity index (χ2n) is 4.99. The van der Waals surface area contributed by atoms with E-state index in [2.05, 4.69) is 6.07 Å². The van der Waals surface area contributed by atoms with Gasteiger partial charge in [-0.25, -0.2) is 0 Å². The lowest BCUT2D eigenvalue weighted by Gasteiger charge is -2.14. The number of rotatable bonds is 3. The fourth-order valence-corrected chi connectivity index (χ4v) is 2.83. The van der Waals surface area contributed by atoms with E-state index >= 15 is 0 Å². The average Bonchev–Trinajstić information content (AvgIpc) is 2.49. The van der Waals surface area contributed by atoms with E-state index in [1.54, 1.807) is 14.2 Å². The van der Waals surface area contributed by atoms with Crippen LogP contribution in [0.25, 0.3) is 21.9 Å². The number of aryl methyl sites for hydroxylation is 1. The summed E-state index contributed by atoms with van der Waals surface area (Å²) in [6, 6.07) is 11.9. The van der Waals surface area contributed by atoms with E-state index in [0.717, 1.165) is 32.0 Å². The van der Waals surface area contributed by atoms with Crippen molar-refractivity contribution in [3.63, 3.8) is 0 Å². The average molecular weight is 300 g/mol. The largest absolute Gasteiger partial charge is 0.456 e. The van der Waals surface area contributed by atoms with Crippen LogP contribution >= 0.6 is 12.2 Å². The maximum Gasteiger partial charge on any atom is 0.183 e. The van der Waals surface area contributed by atoms with Crippen LogP contribution in [-0.4, -0.2) is 14.2 Å². The minimum atomic E-state index is -0.410. The molecule has 0 atom stereocenters. The Morgan fingerprint density at radius 3 is 2.43 bits per heavy atom. The molecule has 3 aromatic rings. The molecule has 0 amide bonds. The zero-order valence-corrected chi connectivity index (χ0v) is 13.0. The molecule has 0 aliphatic carbocycles. The predicted octanol–water partition coefficient (Wildman–Crippen LogP) is 4.92. The summed E-state index contributed by atoms with van der Waals surface area (Å²) in [5, 5.41) is 1.90. The molecule has 0 aliphatic rings. The topological polar surface area (TPSA) is 31.6 Å². The van der Waals surface area contributed by atoms with Gasteiger partial charge in [0.25, 0.3) is 0 Å². The molecule has 0 saturated heterocycles. The summed E-state index contributed by atoms with van der Waals surface area (Å²) in [5.41, 5.74) is 3.60. The van der Waals surface area contributed by atoms with Gasteiger partial charge < -0.3 is 13.9 Å². The van der Waals surface area contributed by atoms with Gasteiger partial charge in [0.1, 0.15) is 11.2 Å². The van der Waals surface area contributed by atoms with Gasteiger partial charge >= 0.3 is 0 Å².